The van der Waals surface area contributed by atoms with E-state index in [9.17, 15) is 14.4 Å². The number of carbonyl (C=O) groups excluding carboxylic acids is 3. The van der Waals surface area contributed by atoms with E-state index in [4.69, 9.17) is 15.7 Å². The first-order valence-corrected chi connectivity index (χ1v) is 19.7. The predicted octanol–water partition coefficient (Wildman–Crippen LogP) is 10.8. The number of hydrogen-bond acceptors (Lipinski definition) is 6. The number of nitrogens with zero attached hydrogens (tertiary/aromatic N) is 2. The molecular weight excluding hydrogens is 761 g/mol. The van der Waals surface area contributed by atoms with Gasteiger partial charge in [-0.05, 0) is 72.8 Å². The molecule has 61 heavy (non-hydrogen) atoms. The van der Waals surface area contributed by atoms with Gasteiger partial charge in [0.1, 0.15) is 0 Å². The molecule has 7 N–H and O–H groups in total. The Kier molecular flexibility index (Phi) is 9.90. The molecule has 298 valence electrons. The Morgan fingerprint density at radius 3 is 1.00 bits per heavy atom. The standard InChI is InChI=1S/C50H40N8O3/c1-28(59)52-36-17-9-5-13-32(36)48-41-22-20-39(55-41)47(31-12-4-8-16-35(31)51)40-21-23-42(56-40)49(33-14-6-10-18-37(33)53-29(2)60)44-25-27-46(58-44)50(45-26-24-43(48)57-45)34-15-7-11-19-38(34)54-30(3)61/h4-27,55,58H,51H2,1-3H3,(H,52,59)(H,53,60)(H,54,61). The predicted molar refractivity (Wildman–Crippen MR) is 248 cm³/mol. The van der Waals surface area contributed by atoms with Crippen LogP contribution in [-0.4, -0.2) is 37.7 Å². The number of para-hydroxylation sites is 4. The van der Waals surface area contributed by atoms with Crippen LogP contribution < -0.4 is 21.7 Å². The van der Waals surface area contributed by atoms with Crippen molar-refractivity contribution in [1.82, 2.24) is 19.9 Å². The van der Waals surface area contributed by atoms with Gasteiger partial charge in [0.15, 0.2) is 0 Å². The molecule has 0 atom stereocenters. The van der Waals surface area contributed by atoms with E-state index in [0.29, 0.717) is 45.5 Å². The molecule has 0 radical (unpaired) electrons. The van der Waals surface area contributed by atoms with Crippen LogP contribution in [0.5, 0.6) is 0 Å². The lowest BCUT2D eigenvalue weighted by Gasteiger charge is -2.13. The molecule has 11 heteroatoms. The third-order valence-corrected chi connectivity index (χ3v) is 10.5. The largest absolute Gasteiger partial charge is 0.398 e. The van der Waals surface area contributed by atoms with Gasteiger partial charge in [-0.3, -0.25) is 14.4 Å². The Balaban J connectivity index is 1.50. The van der Waals surface area contributed by atoms with Crippen molar-refractivity contribution in [2.24, 2.45) is 0 Å². The lowest BCUT2D eigenvalue weighted by Crippen LogP contribution is -2.07. The second-order valence-electron chi connectivity index (χ2n) is 14.8. The third kappa shape index (κ3) is 7.36. The van der Waals surface area contributed by atoms with Gasteiger partial charge in [0.2, 0.25) is 17.7 Å². The number of hydrogen-bond donors (Lipinski definition) is 6. The summed E-state index contributed by atoms with van der Waals surface area (Å²) in [4.78, 5) is 55.8. The molecule has 4 aromatic carbocycles. The highest BCUT2D eigenvalue weighted by Gasteiger charge is 2.22. The Labute approximate surface area is 351 Å². The minimum absolute atomic E-state index is 0.207. The van der Waals surface area contributed by atoms with Crippen molar-refractivity contribution >= 4 is 86.8 Å². The SMILES string of the molecule is CC(=O)Nc1ccccc1-c1c2nc(c(-c3ccccc3NC(C)=O)c3ccc([nH]3)c(-c3ccccc3NC(C)=O)c3nc(c(-c4ccccc4N)c4ccc1[nH]4)C=C3)C=C2. The van der Waals surface area contributed by atoms with Crippen LogP contribution in [0.1, 0.15) is 43.5 Å². The topological polar surface area (TPSA) is 171 Å². The van der Waals surface area contributed by atoms with Crippen LogP contribution in [0.2, 0.25) is 0 Å². The summed E-state index contributed by atoms with van der Waals surface area (Å²) in [6.07, 6.45) is 7.87. The number of benzene rings is 4. The number of carbonyl (C=O) groups is 3. The fourth-order valence-electron chi connectivity index (χ4n) is 8.06. The van der Waals surface area contributed by atoms with E-state index in [0.717, 1.165) is 66.6 Å². The van der Waals surface area contributed by atoms with E-state index in [-0.39, 0.29) is 17.7 Å². The minimum atomic E-state index is -0.214. The van der Waals surface area contributed by atoms with E-state index >= 15 is 0 Å². The van der Waals surface area contributed by atoms with Crippen LogP contribution in [0.15, 0.2) is 121 Å². The molecule has 3 aromatic heterocycles. The number of rotatable bonds is 7. The summed E-state index contributed by atoms with van der Waals surface area (Å²) in [5.74, 6) is -0.628. The van der Waals surface area contributed by atoms with Crippen molar-refractivity contribution < 1.29 is 14.4 Å². The number of aromatic amines is 2. The van der Waals surface area contributed by atoms with Crippen molar-refractivity contribution in [3.05, 3.63) is 144 Å². The summed E-state index contributed by atoms with van der Waals surface area (Å²) in [5.41, 5.74) is 20.7. The van der Waals surface area contributed by atoms with Gasteiger partial charge in [-0.25, -0.2) is 9.97 Å². The first kappa shape index (κ1) is 38.2. The average molecular weight is 801 g/mol. The van der Waals surface area contributed by atoms with Crippen LogP contribution in [-0.2, 0) is 14.4 Å². The molecular formula is C50H40N8O3. The van der Waals surface area contributed by atoms with Crippen LogP contribution in [0.3, 0.4) is 0 Å². The van der Waals surface area contributed by atoms with Crippen molar-refractivity contribution in [2.45, 2.75) is 20.8 Å². The molecule has 2 aliphatic rings. The zero-order chi connectivity index (χ0) is 42.2. The quantitative estimate of drug-likeness (QED) is 0.0876. The Hall–Kier alpha value is -8.31. The van der Waals surface area contributed by atoms with Crippen molar-refractivity contribution in [3.8, 4) is 44.5 Å². The molecule has 7 aromatic rings. The number of nitrogens with one attached hydrogen (secondary N) is 5. The highest BCUT2D eigenvalue weighted by atomic mass is 16.2. The van der Waals surface area contributed by atoms with E-state index in [2.05, 4.69) is 25.9 Å². The fraction of sp³-hybridized carbons (Fsp3) is 0.0600. The Morgan fingerprint density at radius 1 is 0.410 bits per heavy atom. The molecule has 11 nitrogen and oxygen atoms in total. The number of nitrogen functional groups attached to an aromatic ring is 1. The van der Waals surface area contributed by atoms with Gasteiger partial charge in [-0.15, -0.1) is 0 Å². The number of aromatic nitrogens is 4. The zero-order valence-electron chi connectivity index (χ0n) is 33.6. The second kappa shape index (κ2) is 15.8. The number of H-pyrrole nitrogens is 2. The smallest absolute Gasteiger partial charge is 0.221 e. The second-order valence-corrected chi connectivity index (χ2v) is 14.8. The maximum atomic E-state index is 12.6. The number of amides is 3. The maximum Gasteiger partial charge on any atom is 0.221 e. The molecule has 9 rings (SSSR count). The van der Waals surface area contributed by atoms with Gasteiger partial charge in [-0.1, -0.05) is 72.8 Å². The van der Waals surface area contributed by atoms with Crippen molar-refractivity contribution in [1.29, 1.82) is 0 Å². The number of fused-ring (bicyclic) bond motifs is 8. The van der Waals surface area contributed by atoms with Crippen LogP contribution in [0.4, 0.5) is 22.7 Å². The summed E-state index contributed by atoms with van der Waals surface area (Å²) in [5, 5.41) is 9.05. The Bertz CT molecular complexity index is 3130. The molecule has 2 aliphatic heterocycles. The lowest BCUT2D eigenvalue weighted by molar-refractivity contribution is -0.115. The van der Waals surface area contributed by atoms with Crippen LogP contribution in [0.25, 0.3) is 90.9 Å². The molecule has 0 saturated heterocycles. The van der Waals surface area contributed by atoms with Crippen molar-refractivity contribution in [2.75, 3.05) is 21.7 Å². The first-order valence-electron chi connectivity index (χ1n) is 19.7. The highest BCUT2D eigenvalue weighted by molar-refractivity contribution is 6.06. The molecule has 5 heterocycles. The zero-order valence-corrected chi connectivity index (χ0v) is 33.6. The van der Waals surface area contributed by atoms with Crippen LogP contribution >= 0.6 is 0 Å². The molecule has 0 fully saturated rings. The summed E-state index contributed by atoms with van der Waals surface area (Å²) < 4.78 is 0. The minimum Gasteiger partial charge on any atom is -0.398 e. The van der Waals surface area contributed by atoms with Gasteiger partial charge in [0.05, 0.1) is 22.8 Å². The first-order chi connectivity index (χ1) is 29.6. The fourth-order valence-corrected chi connectivity index (χ4v) is 8.06. The average Bonchev–Trinajstić information content (AvgIpc) is 4.08. The van der Waals surface area contributed by atoms with Gasteiger partial charge in [-0.2, -0.15) is 0 Å². The number of nitrogens with two attached hydrogens (primary N) is 1. The molecule has 0 unspecified atom stereocenters. The summed E-state index contributed by atoms with van der Waals surface area (Å²) >= 11 is 0. The molecule has 3 amide bonds. The van der Waals surface area contributed by atoms with Gasteiger partial charge >= 0.3 is 0 Å². The monoisotopic (exact) mass is 800 g/mol. The van der Waals surface area contributed by atoms with E-state index in [1.54, 1.807) is 0 Å². The molecule has 8 bridgehead atoms. The molecule has 0 saturated carbocycles. The summed E-state index contributed by atoms with van der Waals surface area (Å²) in [7, 11) is 0. The van der Waals surface area contributed by atoms with E-state index < -0.39 is 0 Å². The molecule has 0 spiro atoms. The Morgan fingerprint density at radius 2 is 0.689 bits per heavy atom. The third-order valence-electron chi connectivity index (χ3n) is 10.5. The van der Waals surface area contributed by atoms with E-state index in [1.807, 2.05) is 146 Å². The molecule has 0 aliphatic carbocycles. The number of anilines is 4. The van der Waals surface area contributed by atoms with Gasteiger partial charge in [0.25, 0.3) is 0 Å². The maximum absolute atomic E-state index is 12.6. The van der Waals surface area contributed by atoms with Crippen molar-refractivity contribution in [3.63, 3.8) is 0 Å². The summed E-state index contributed by atoms with van der Waals surface area (Å²) in [6.45, 7) is 4.45. The van der Waals surface area contributed by atoms with E-state index in [1.165, 1.54) is 20.8 Å². The van der Waals surface area contributed by atoms with Crippen LogP contribution in [0, 0.1) is 0 Å². The lowest BCUT2D eigenvalue weighted by atomic mass is 10.0. The highest BCUT2D eigenvalue weighted by Crippen LogP contribution is 2.42. The normalized spacial score (nSPS) is 11.7. The summed E-state index contributed by atoms with van der Waals surface area (Å²) in [6, 6.07) is 38.6. The van der Waals surface area contributed by atoms with Gasteiger partial charge < -0.3 is 31.7 Å². The van der Waals surface area contributed by atoms with Gasteiger partial charge in [0, 0.05) is 110 Å².